The van der Waals surface area contributed by atoms with Crippen LogP contribution in [0.15, 0.2) is 4.52 Å². The van der Waals surface area contributed by atoms with Crippen molar-refractivity contribution in [3.63, 3.8) is 0 Å². The van der Waals surface area contributed by atoms with Gasteiger partial charge in [0, 0.05) is 0 Å². The Hall–Kier alpha value is -0.550. The highest BCUT2D eigenvalue weighted by atomic mass is 32.2. The van der Waals surface area contributed by atoms with E-state index in [1.807, 2.05) is 0 Å². The van der Waals surface area contributed by atoms with Crippen molar-refractivity contribution in [2.45, 2.75) is 25.7 Å². The molecule has 1 atom stereocenters. The monoisotopic (exact) mass is 188 g/mol. The van der Waals surface area contributed by atoms with E-state index in [1.165, 1.54) is 0 Å². The molecule has 0 fully saturated rings. The molecule has 4 nitrogen and oxygen atoms in total. The maximum Gasteiger partial charge on any atom is 0.255 e. The van der Waals surface area contributed by atoms with Gasteiger partial charge in [-0.15, -0.1) is 0 Å². The summed E-state index contributed by atoms with van der Waals surface area (Å²) >= 11 is 1.72. The summed E-state index contributed by atoms with van der Waals surface area (Å²) in [6, 6.07) is 0. The number of aliphatic hydroxyl groups is 1. The lowest BCUT2D eigenvalue weighted by atomic mass is 10.4. The maximum atomic E-state index is 9.06. The minimum absolute atomic E-state index is 0.293. The van der Waals surface area contributed by atoms with Gasteiger partial charge in [0.1, 0.15) is 6.10 Å². The van der Waals surface area contributed by atoms with Crippen LogP contribution < -0.4 is 0 Å². The lowest BCUT2D eigenvalue weighted by Gasteiger charge is -1.92. The summed E-state index contributed by atoms with van der Waals surface area (Å²) in [6.45, 7) is 3.67. The first-order chi connectivity index (χ1) is 5.74. The number of rotatable bonds is 4. The lowest BCUT2D eigenvalue weighted by Crippen LogP contribution is -1.91. The van der Waals surface area contributed by atoms with Gasteiger partial charge in [0.25, 0.3) is 5.89 Å². The summed E-state index contributed by atoms with van der Waals surface area (Å²) in [7, 11) is 0. The molecule has 1 aromatic rings. The molecule has 0 spiro atoms. The first-order valence-corrected chi connectivity index (χ1v) is 4.97. The molecule has 0 saturated carbocycles. The van der Waals surface area contributed by atoms with E-state index in [-0.39, 0.29) is 0 Å². The fraction of sp³-hybridized carbons (Fsp3) is 0.714. The maximum absolute atomic E-state index is 9.06. The Morgan fingerprint density at radius 1 is 1.67 bits per heavy atom. The van der Waals surface area contributed by atoms with E-state index in [9.17, 15) is 0 Å². The SMILES string of the molecule is CCSCc1noc([C@H](C)O)n1. The molecule has 0 aromatic carbocycles. The highest BCUT2D eigenvalue weighted by molar-refractivity contribution is 7.98. The predicted octanol–water partition coefficient (Wildman–Crippen LogP) is 1.38. The Balaban J connectivity index is 2.52. The summed E-state index contributed by atoms with van der Waals surface area (Å²) in [5, 5.41) is 12.8. The van der Waals surface area contributed by atoms with Gasteiger partial charge in [-0.3, -0.25) is 0 Å². The van der Waals surface area contributed by atoms with Crippen LogP contribution in [0.2, 0.25) is 0 Å². The average molecular weight is 188 g/mol. The van der Waals surface area contributed by atoms with E-state index in [0.717, 1.165) is 11.5 Å². The zero-order valence-electron chi connectivity index (χ0n) is 7.15. The lowest BCUT2D eigenvalue weighted by molar-refractivity contribution is 0.151. The van der Waals surface area contributed by atoms with Gasteiger partial charge in [0.05, 0.1) is 5.75 Å². The number of aliphatic hydroxyl groups excluding tert-OH is 1. The van der Waals surface area contributed by atoms with Crippen LogP contribution in [0.3, 0.4) is 0 Å². The van der Waals surface area contributed by atoms with Gasteiger partial charge in [-0.25, -0.2) is 0 Å². The molecule has 5 heteroatoms. The Kier molecular flexibility index (Phi) is 3.55. The van der Waals surface area contributed by atoms with Gasteiger partial charge in [0.2, 0.25) is 0 Å². The van der Waals surface area contributed by atoms with E-state index >= 15 is 0 Å². The Bertz CT molecular complexity index is 237. The Morgan fingerprint density at radius 3 is 2.92 bits per heavy atom. The van der Waals surface area contributed by atoms with Crippen molar-refractivity contribution in [1.29, 1.82) is 0 Å². The second-order valence-corrected chi connectivity index (χ2v) is 3.64. The number of nitrogens with zero attached hydrogens (tertiary/aromatic N) is 2. The smallest absolute Gasteiger partial charge is 0.255 e. The molecule has 0 radical (unpaired) electrons. The molecule has 0 aliphatic rings. The molecule has 0 unspecified atom stereocenters. The molecular weight excluding hydrogens is 176 g/mol. The molecule has 12 heavy (non-hydrogen) atoms. The molecule has 1 N–H and O–H groups in total. The number of hydrogen-bond acceptors (Lipinski definition) is 5. The minimum Gasteiger partial charge on any atom is -0.384 e. The third kappa shape index (κ3) is 2.49. The quantitative estimate of drug-likeness (QED) is 0.773. The van der Waals surface area contributed by atoms with Gasteiger partial charge < -0.3 is 9.63 Å². The van der Waals surface area contributed by atoms with Crippen LogP contribution in [0.25, 0.3) is 0 Å². The first-order valence-electron chi connectivity index (χ1n) is 3.82. The summed E-state index contributed by atoms with van der Waals surface area (Å²) in [5.74, 6) is 2.71. The standard InChI is InChI=1S/C7H12N2O2S/c1-3-12-4-6-8-7(5(2)10)11-9-6/h5,10H,3-4H2,1-2H3/t5-/m0/s1. The van der Waals surface area contributed by atoms with Crippen molar-refractivity contribution in [1.82, 2.24) is 10.1 Å². The fourth-order valence-electron chi connectivity index (χ4n) is 0.689. The normalized spacial score (nSPS) is 13.2. The second-order valence-electron chi connectivity index (χ2n) is 2.36. The largest absolute Gasteiger partial charge is 0.384 e. The van der Waals surface area contributed by atoms with Crippen molar-refractivity contribution < 1.29 is 9.63 Å². The third-order valence-electron chi connectivity index (χ3n) is 1.28. The van der Waals surface area contributed by atoms with Crippen LogP contribution in [-0.2, 0) is 5.75 Å². The molecule has 0 amide bonds. The Labute approximate surface area is 75.4 Å². The second kappa shape index (κ2) is 4.47. The number of thioether (sulfide) groups is 1. The summed E-state index contributed by atoms with van der Waals surface area (Å²) in [6.07, 6.45) is -0.669. The van der Waals surface area contributed by atoms with Gasteiger partial charge in [-0.1, -0.05) is 12.1 Å². The van der Waals surface area contributed by atoms with E-state index < -0.39 is 6.10 Å². The van der Waals surface area contributed by atoms with Gasteiger partial charge in [-0.05, 0) is 12.7 Å². The molecule has 1 aromatic heterocycles. The average Bonchev–Trinajstić information content (AvgIpc) is 2.48. The van der Waals surface area contributed by atoms with Gasteiger partial charge in [-0.2, -0.15) is 16.7 Å². The topological polar surface area (TPSA) is 59.2 Å². The molecule has 68 valence electrons. The minimum atomic E-state index is -0.669. The van der Waals surface area contributed by atoms with Crippen molar-refractivity contribution in [2.75, 3.05) is 5.75 Å². The molecule has 0 saturated heterocycles. The summed E-state index contributed by atoms with van der Waals surface area (Å²) in [4.78, 5) is 4.00. The van der Waals surface area contributed by atoms with Crippen molar-refractivity contribution >= 4 is 11.8 Å². The highest BCUT2D eigenvalue weighted by Crippen LogP contribution is 2.12. The Morgan fingerprint density at radius 2 is 2.42 bits per heavy atom. The van der Waals surface area contributed by atoms with Crippen molar-refractivity contribution in [2.24, 2.45) is 0 Å². The van der Waals surface area contributed by atoms with Crippen LogP contribution in [-0.4, -0.2) is 21.0 Å². The fourth-order valence-corrected chi connectivity index (χ4v) is 1.19. The summed E-state index contributed by atoms with van der Waals surface area (Å²) in [5.41, 5.74) is 0. The molecule has 0 aliphatic heterocycles. The van der Waals surface area contributed by atoms with Gasteiger partial charge in [0.15, 0.2) is 5.82 Å². The van der Waals surface area contributed by atoms with Gasteiger partial charge >= 0.3 is 0 Å². The zero-order chi connectivity index (χ0) is 8.97. The molecule has 0 bridgehead atoms. The van der Waals surface area contributed by atoms with E-state index in [0.29, 0.717) is 11.7 Å². The zero-order valence-corrected chi connectivity index (χ0v) is 7.97. The van der Waals surface area contributed by atoms with Crippen molar-refractivity contribution in [3.8, 4) is 0 Å². The van der Waals surface area contributed by atoms with E-state index in [2.05, 4.69) is 17.1 Å². The van der Waals surface area contributed by atoms with Crippen LogP contribution in [0.5, 0.6) is 0 Å². The molecule has 1 rings (SSSR count). The van der Waals surface area contributed by atoms with Crippen LogP contribution >= 0.6 is 11.8 Å². The van der Waals surface area contributed by atoms with E-state index in [4.69, 9.17) is 9.63 Å². The molecule has 1 heterocycles. The van der Waals surface area contributed by atoms with E-state index in [1.54, 1.807) is 18.7 Å². The van der Waals surface area contributed by atoms with Crippen LogP contribution in [0.4, 0.5) is 0 Å². The van der Waals surface area contributed by atoms with Crippen LogP contribution in [0, 0.1) is 0 Å². The third-order valence-corrected chi connectivity index (χ3v) is 2.15. The predicted molar refractivity (Wildman–Crippen MR) is 46.8 cm³/mol. The number of hydrogen-bond donors (Lipinski definition) is 1. The highest BCUT2D eigenvalue weighted by Gasteiger charge is 2.10. The summed E-state index contributed by atoms with van der Waals surface area (Å²) < 4.78 is 4.80. The molecular formula is C7H12N2O2S. The van der Waals surface area contributed by atoms with Crippen LogP contribution in [0.1, 0.15) is 31.7 Å². The molecule has 0 aliphatic carbocycles. The number of aromatic nitrogens is 2. The first kappa shape index (κ1) is 9.54. The van der Waals surface area contributed by atoms with Crippen molar-refractivity contribution in [3.05, 3.63) is 11.7 Å².